The lowest BCUT2D eigenvalue weighted by molar-refractivity contribution is -0.202. The minimum absolute atomic E-state index is 0. The molecule has 0 saturated heterocycles. The molecule has 115 heavy (non-hydrogen) atoms. The second kappa shape index (κ2) is 53.6. The van der Waals surface area contributed by atoms with Crippen molar-refractivity contribution in [3.8, 4) is 0 Å². The first-order valence-corrected chi connectivity index (χ1v) is 43.2. The summed E-state index contributed by atoms with van der Waals surface area (Å²) in [5.74, 6) is 10.9. The van der Waals surface area contributed by atoms with E-state index in [9.17, 15) is 28.8 Å². The van der Waals surface area contributed by atoms with Gasteiger partial charge in [0.2, 0.25) is 0 Å². The Bertz CT molecular complexity index is 2670. The van der Waals surface area contributed by atoms with Crippen LogP contribution in [0.15, 0.2) is 0 Å². The quantitative estimate of drug-likeness (QED) is 0.0386. The number of hydrogen-bond acceptors (Lipinski definition) is 14. The van der Waals surface area contributed by atoms with Crippen LogP contribution in [0.25, 0.3) is 0 Å². The molecule has 12 rings (SSSR count). The van der Waals surface area contributed by atoms with Crippen LogP contribution in [-0.2, 0) is 66.7 Å². The Labute approximate surface area is 716 Å². The monoisotopic (exact) mass is 1640 g/mol. The van der Waals surface area contributed by atoms with E-state index >= 15 is 0 Å². The maximum absolute atomic E-state index is 12.2. The third kappa shape index (κ3) is 31.5. The van der Waals surface area contributed by atoms with Crippen molar-refractivity contribution in [1.82, 2.24) is 0 Å². The van der Waals surface area contributed by atoms with Gasteiger partial charge >= 0.3 is 35.8 Å². The largest absolute Gasteiger partial charge is 0.459 e. The van der Waals surface area contributed by atoms with Gasteiger partial charge < -0.3 is 37.9 Å². The number of ether oxygens (including phenoxy) is 8. The van der Waals surface area contributed by atoms with E-state index in [1.807, 2.05) is 118 Å². The van der Waals surface area contributed by atoms with Crippen molar-refractivity contribution >= 4 is 35.8 Å². The van der Waals surface area contributed by atoms with E-state index in [4.69, 9.17) is 37.9 Å². The van der Waals surface area contributed by atoms with Gasteiger partial charge in [0.05, 0.1) is 46.2 Å². The van der Waals surface area contributed by atoms with Crippen LogP contribution in [0.1, 0.15) is 466 Å². The van der Waals surface area contributed by atoms with E-state index in [0.29, 0.717) is 12.2 Å². The van der Waals surface area contributed by atoms with E-state index in [0.717, 1.165) is 174 Å². The Morgan fingerprint density at radius 1 is 0.322 bits per heavy atom. The van der Waals surface area contributed by atoms with Crippen LogP contribution >= 0.6 is 0 Å². The summed E-state index contributed by atoms with van der Waals surface area (Å²) in [6, 6.07) is 0. The highest BCUT2D eigenvalue weighted by Gasteiger charge is 2.64. The van der Waals surface area contributed by atoms with Gasteiger partial charge in [0.25, 0.3) is 0 Å². The van der Waals surface area contributed by atoms with Crippen molar-refractivity contribution < 1.29 is 66.7 Å². The van der Waals surface area contributed by atoms with Crippen molar-refractivity contribution in [2.45, 2.75) is 513 Å². The number of carbonyl (C=O) groups excluding carboxylic acids is 6. The molecule has 0 spiro atoms. The molecule has 0 aromatic rings. The molecule has 14 nitrogen and oxygen atoms in total. The lowest BCUT2D eigenvalue weighted by Gasteiger charge is -2.39. The van der Waals surface area contributed by atoms with Crippen LogP contribution < -0.4 is 0 Å². The van der Waals surface area contributed by atoms with Crippen LogP contribution in [0.3, 0.4) is 0 Å². The van der Waals surface area contributed by atoms with Gasteiger partial charge in [-0.1, -0.05) is 178 Å². The van der Waals surface area contributed by atoms with Gasteiger partial charge in [0.15, 0.2) is 12.6 Å². The summed E-state index contributed by atoms with van der Waals surface area (Å²) in [6.07, 6.45) is 41.4. The predicted octanol–water partition coefficient (Wildman–Crippen LogP) is 30.0. The minimum Gasteiger partial charge on any atom is -0.459 e. The Hall–Kier alpha value is -3.26. The minimum atomic E-state index is -0.415. The second-order valence-electron chi connectivity index (χ2n) is 37.9. The summed E-state index contributed by atoms with van der Waals surface area (Å²) in [4.78, 5) is 71.4. The van der Waals surface area contributed by atoms with Crippen molar-refractivity contribution in [2.75, 3.05) is 0 Å². The molecular formula is C101H202O14. The lowest BCUT2D eigenvalue weighted by atomic mass is 9.70. The molecule has 14 heteroatoms. The van der Waals surface area contributed by atoms with Crippen molar-refractivity contribution in [1.29, 1.82) is 0 Å². The van der Waals surface area contributed by atoms with E-state index in [2.05, 4.69) is 27.7 Å². The summed E-state index contributed by atoms with van der Waals surface area (Å²) < 4.78 is 46.2. The normalized spacial score (nSPS) is 29.0. The summed E-state index contributed by atoms with van der Waals surface area (Å²) in [7, 11) is 0. The van der Waals surface area contributed by atoms with Gasteiger partial charge in [-0.05, 0) is 359 Å². The molecule has 0 aliphatic heterocycles. The van der Waals surface area contributed by atoms with E-state index in [1.165, 1.54) is 128 Å². The molecule has 19 atom stereocenters. The number of esters is 6. The van der Waals surface area contributed by atoms with Crippen LogP contribution in [-0.4, -0.2) is 83.0 Å². The molecule has 8 bridgehead atoms. The smallest absolute Gasteiger partial charge is 0.313 e. The standard InChI is InChI=1S/C20H32O3.C19H30O3.C14H26O2.C13H24O2.C12H22O2.C11H20O2.12CH4/c1-5-20(3,4)19(21)23-11(2)22-16-10-14-9-15(16)18-13-7-6-12(8-13)17(14)18;1-4-10(2)19(20)22-11(3)21-16-9-14-8-15(16)18-13-6-5-12(7-13)17(14)18;1-5-13(3,4)12(15)16-14(6-2)10-8-7-9-11-14;1-5-12(2,3)11(14)15-13(4)9-7-6-8-10-13;1-4-10(3)11(13)14-12(5-2)8-6-7-9-12;1-4-9(2)10(12)13-11(3)7-5-6-8-11;;;;;;;;;;;;/h11-18H,5-10H2,1-4H3;10-18H,4-9H2,1-3H3;5-11H2,1-4H3;5-10H2,1-4H3;10H,4-9H2,1-3H3;9H,4-8H2,1-3H3;12*1H4. The van der Waals surface area contributed by atoms with Gasteiger partial charge in [-0.2, -0.15) is 0 Å². The summed E-state index contributed by atoms with van der Waals surface area (Å²) in [6.45, 7) is 41.9. The Morgan fingerprint density at radius 2 is 0.609 bits per heavy atom. The molecule has 0 heterocycles. The maximum atomic E-state index is 12.2. The molecule has 12 fully saturated rings. The number of carbonyl (C=O) groups is 6. The van der Waals surface area contributed by atoms with E-state index < -0.39 is 11.7 Å². The first-order chi connectivity index (χ1) is 48.5. The molecule has 0 aromatic carbocycles. The zero-order valence-electron chi connectivity index (χ0n) is 69.6. The van der Waals surface area contributed by atoms with Gasteiger partial charge in [-0.3, -0.25) is 28.8 Å². The molecule has 0 amide bonds. The predicted molar refractivity (Wildman–Crippen MR) is 491 cm³/mol. The first kappa shape index (κ1) is 123. The van der Waals surface area contributed by atoms with E-state index in [1.54, 1.807) is 0 Å². The third-order valence-corrected chi connectivity index (χ3v) is 29.4. The zero-order chi connectivity index (χ0) is 76.0. The average Bonchev–Trinajstić information content (AvgIpc) is 1.56. The summed E-state index contributed by atoms with van der Waals surface area (Å²) >= 11 is 0. The fourth-order valence-electron chi connectivity index (χ4n) is 20.6. The lowest BCUT2D eigenvalue weighted by Crippen LogP contribution is -2.40. The van der Waals surface area contributed by atoms with Gasteiger partial charge in [0.1, 0.15) is 22.4 Å². The molecule has 12 saturated carbocycles. The van der Waals surface area contributed by atoms with Crippen LogP contribution in [0.2, 0.25) is 0 Å². The number of hydrogen-bond donors (Lipinski definition) is 0. The molecule has 0 radical (unpaired) electrons. The highest BCUT2D eigenvalue weighted by atomic mass is 16.7. The number of fused-ring (bicyclic) bond motifs is 18. The van der Waals surface area contributed by atoms with Crippen molar-refractivity contribution in [3.63, 3.8) is 0 Å². The third-order valence-electron chi connectivity index (χ3n) is 29.4. The molecule has 690 valence electrons. The molecule has 12 aliphatic carbocycles. The highest BCUT2D eigenvalue weighted by Crippen LogP contribution is 2.69. The van der Waals surface area contributed by atoms with Crippen LogP contribution in [0, 0.1) is 105 Å². The first-order valence-electron chi connectivity index (χ1n) is 43.2. The second-order valence-corrected chi connectivity index (χ2v) is 37.9. The molecule has 12 aliphatic rings. The fourth-order valence-corrected chi connectivity index (χ4v) is 20.6. The topological polar surface area (TPSA) is 176 Å². The van der Waals surface area contributed by atoms with Gasteiger partial charge in [-0.25, -0.2) is 0 Å². The fraction of sp³-hybridized carbons (Fsp3) is 0.941. The maximum Gasteiger partial charge on any atom is 0.313 e. The number of rotatable bonds is 24. The van der Waals surface area contributed by atoms with Gasteiger partial charge in [0, 0.05) is 0 Å². The van der Waals surface area contributed by atoms with E-state index in [-0.39, 0.29) is 182 Å². The molecular weight excluding hydrogens is 1440 g/mol. The molecule has 19 unspecified atom stereocenters. The van der Waals surface area contributed by atoms with Crippen molar-refractivity contribution in [3.05, 3.63) is 0 Å². The zero-order valence-corrected chi connectivity index (χ0v) is 69.6. The molecule has 0 aromatic heterocycles. The Morgan fingerprint density at radius 3 is 0.965 bits per heavy atom. The van der Waals surface area contributed by atoms with Crippen LogP contribution in [0.4, 0.5) is 0 Å². The highest BCUT2D eigenvalue weighted by molar-refractivity contribution is 5.77. The average molecular weight is 1640 g/mol. The Kier molecular flexibility index (Phi) is 57.1. The van der Waals surface area contributed by atoms with Crippen LogP contribution in [0.5, 0.6) is 0 Å². The summed E-state index contributed by atoms with van der Waals surface area (Å²) in [5, 5.41) is 0. The Balaban J connectivity index is -0.000000308. The SMILES string of the molecule is C.C.C.C.C.C.C.C.C.C.C.C.CCC(C)(C)C(=O)OC(C)OC1CC2CC1C1C3CCC(C3)C21.CCC(C)(C)C(=O)OC1(C)CCCCC1.CCC(C)C(=O)OC(C)OC1CC2CC1C1C3CCC(C3)C21.CCC(C)C(=O)OC1(C)CCCC1.CCC(C)C(=O)OC1(CC)CCCC1.CCC1(OC(=O)C(C)(C)CC)CCCCC1. The molecule has 0 N–H and O–H groups in total. The van der Waals surface area contributed by atoms with Gasteiger partial charge in [-0.15, -0.1) is 0 Å². The summed E-state index contributed by atoms with van der Waals surface area (Å²) in [5.41, 5.74) is -1.69. The van der Waals surface area contributed by atoms with Crippen molar-refractivity contribution in [2.24, 2.45) is 105 Å².